The lowest BCUT2D eigenvalue weighted by Gasteiger charge is -2.16. The monoisotopic (exact) mass is 411 g/mol. The number of aromatic hydroxyl groups is 3. The van der Waals surface area contributed by atoms with Gasteiger partial charge < -0.3 is 20.6 Å². The molecule has 3 aromatic carbocycles. The molecule has 0 unspecified atom stereocenters. The zero-order valence-corrected chi connectivity index (χ0v) is 16.9. The Morgan fingerprint density at radius 3 is 2.28 bits per heavy atom. The van der Waals surface area contributed by atoms with Crippen molar-refractivity contribution in [2.75, 3.05) is 5.32 Å². The minimum Gasteiger partial charge on any atom is -0.504 e. The van der Waals surface area contributed by atoms with Crippen LogP contribution in [0.4, 0.5) is 5.69 Å². The highest BCUT2D eigenvalue weighted by atomic mass is 35.5. The van der Waals surface area contributed by atoms with Crippen LogP contribution in [0.5, 0.6) is 17.2 Å². The van der Waals surface area contributed by atoms with Crippen LogP contribution in [0.1, 0.15) is 46.8 Å². The topological polar surface area (TPSA) is 89.8 Å². The molecule has 0 spiro atoms. The van der Waals surface area contributed by atoms with Crippen LogP contribution < -0.4 is 5.32 Å². The fourth-order valence-corrected chi connectivity index (χ4v) is 3.41. The van der Waals surface area contributed by atoms with Crippen molar-refractivity contribution in [1.29, 1.82) is 0 Å². The number of halogens is 1. The normalized spacial score (nSPS) is 10.9. The van der Waals surface area contributed by atoms with Crippen molar-refractivity contribution in [3.8, 4) is 17.2 Å². The van der Waals surface area contributed by atoms with Crippen LogP contribution in [0, 0.1) is 0 Å². The Balaban J connectivity index is 2.00. The second-order valence-corrected chi connectivity index (χ2v) is 7.50. The Morgan fingerprint density at radius 2 is 1.59 bits per heavy atom. The molecule has 6 heteroatoms. The maximum absolute atomic E-state index is 12.7. The van der Waals surface area contributed by atoms with Gasteiger partial charge in [-0.25, -0.2) is 0 Å². The molecule has 3 aromatic rings. The molecular formula is C23H22ClNO4. The van der Waals surface area contributed by atoms with Gasteiger partial charge in [-0.1, -0.05) is 61.8 Å². The van der Waals surface area contributed by atoms with Crippen molar-refractivity contribution in [3.05, 3.63) is 81.9 Å². The number of benzene rings is 3. The number of carbonyl (C=O) groups is 1. The van der Waals surface area contributed by atoms with E-state index in [0.717, 1.165) is 11.1 Å². The summed E-state index contributed by atoms with van der Waals surface area (Å²) in [7, 11) is 0. The lowest BCUT2D eigenvalue weighted by Crippen LogP contribution is -2.13. The number of amides is 1. The summed E-state index contributed by atoms with van der Waals surface area (Å²) >= 11 is 6.07. The SMILES string of the molecule is CC(C)c1ccccc1Cc1cc(C(=O)Nc2ccccc2Cl)c(O)c(O)c1O. The Morgan fingerprint density at radius 1 is 0.931 bits per heavy atom. The molecule has 3 rings (SSSR count). The number of carbonyl (C=O) groups excluding carboxylic acids is 1. The summed E-state index contributed by atoms with van der Waals surface area (Å²) in [6.07, 6.45) is 0.292. The van der Waals surface area contributed by atoms with Crippen LogP contribution in [-0.4, -0.2) is 21.2 Å². The predicted octanol–water partition coefficient (Wildman–Crippen LogP) is 5.42. The van der Waals surface area contributed by atoms with Gasteiger partial charge in [0.15, 0.2) is 11.5 Å². The summed E-state index contributed by atoms with van der Waals surface area (Å²) in [5.74, 6) is -2.25. The number of phenolic OH excluding ortho intramolecular Hbond substituents is 3. The van der Waals surface area contributed by atoms with Gasteiger partial charge in [-0.2, -0.15) is 0 Å². The Kier molecular flexibility index (Phi) is 5.99. The number of para-hydroxylation sites is 1. The van der Waals surface area contributed by atoms with E-state index in [9.17, 15) is 20.1 Å². The van der Waals surface area contributed by atoms with Gasteiger partial charge in [0.2, 0.25) is 5.75 Å². The molecule has 0 aliphatic rings. The van der Waals surface area contributed by atoms with Gasteiger partial charge in [0.05, 0.1) is 16.3 Å². The molecule has 0 fully saturated rings. The number of anilines is 1. The predicted molar refractivity (Wildman–Crippen MR) is 114 cm³/mol. The molecule has 0 aromatic heterocycles. The molecule has 0 heterocycles. The minimum absolute atomic E-state index is 0.155. The van der Waals surface area contributed by atoms with Crippen LogP contribution in [0.15, 0.2) is 54.6 Å². The number of hydrogen-bond acceptors (Lipinski definition) is 4. The molecular weight excluding hydrogens is 390 g/mol. The lowest BCUT2D eigenvalue weighted by molar-refractivity contribution is 0.102. The highest BCUT2D eigenvalue weighted by molar-refractivity contribution is 6.34. The van der Waals surface area contributed by atoms with Crippen molar-refractivity contribution < 1.29 is 20.1 Å². The quantitative estimate of drug-likeness (QED) is 0.422. The maximum Gasteiger partial charge on any atom is 0.259 e. The van der Waals surface area contributed by atoms with Crippen molar-refractivity contribution in [3.63, 3.8) is 0 Å². The van der Waals surface area contributed by atoms with Crippen molar-refractivity contribution >= 4 is 23.2 Å². The summed E-state index contributed by atoms with van der Waals surface area (Å²) < 4.78 is 0. The highest BCUT2D eigenvalue weighted by Crippen LogP contribution is 2.42. The molecule has 150 valence electrons. The highest BCUT2D eigenvalue weighted by Gasteiger charge is 2.22. The molecule has 0 saturated heterocycles. The standard InChI is InChI=1S/C23H22ClNO4/c1-13(2)16-8-4-3-7-14(16)11-15-12-17(21(27)22(28)20(15)26)23(29)25-19-10-6-5-9-18(19)24/h3-10,12-13,26-28H,11H2,1-2H3,(H,25,29). The van der Waals surface area contributed by atoms with Gasteiger partial charge in [0.1, 0.15) is 0 Å². The van der Waals surface area contributed by atoms with E-state index in [0.29, 0.717) is 22.7 Å². The van der Waals surface area contributed by atoms with Gasteiger partial charge in [0, 0.05) is 12.0 Å². The van der Waals surface area contributed by atoms with E-state index >= 15 is 0 Å². The molecule has 0 aliphatic carbocycles. The summed E-state index contributed by atoms with van der Waals surface area (Å²) in [4.78, 5) is 12.7. The van der Waals surface area contributed by atoms with Crippen LogP contribution in [0.25, 0.3) is 0 Å². The maximum atomic E-state index is 12.7. The smallest absolute Gasteiger partial charge is 0.259 e. The number of nitrogens with one attached hydrogen (secondary N) is 1. The van der Waals surface area contributed by atoms with Gasteiger partial charge >= 0.3 is 0 Å². The van der Waals surface area contributed by atoms with Gasteiger partial charge in [-0.05, 0) is 35.2 Å². The van der Waals surface area contributed by atoms with Crippen LogP contribution in [0.2, 0.25) is 5.02 Å². The molecule has 1 amide bonds. The number of rotatable bonds is 5. The van der Waals surface area contributed by atoms with Crippen LogP contribution in [0.3, 0.4) is 0 Å². The zero-order valence-electron chi connectivity index (χ0n) is 16.1. The number of phenols is 3. The van der Waals surface area contributed by atoms with E-state index in [4.69, 9.17) is 11.6 Å². The van der Waals surface area contributed by atoms with Crippen molar-refractivity contribution in [2.45, 2.75) is 26.2 Å². The first kappa shape index (κ1) is 20.6. The van der Waals surface area contributed by atoms with Crippen LogP contribution in [-0.2, 0) is 6.42 Å². The lowest BCUT2D eigenvalue weighted by atomic mass is 9.92. The van der Waals surface area contributed by atoms with Crippen LogP contribution >= 0.6 is 11.6 Å². The summed E-state index contributed by atoms with van der Waals surface area (Å²) in [5, 5.41) is 33.7. The van der Waals surface area contributed by atoms with E-state index in [1.807, 2.05) is 24.3 Å². The number of hydrogen-bond donors (Lipinski definition) is 4. The molecule has 4 N–H and O–H groups in total. The van der Waals surface area contributed by atoms with Gasteiger partial charge in [0.25, 0.3) is 5.91 Å². The molecule has 0 atom stereocenters. The minimum atomic E-state index is -0.728. The zero-order chi connectivity index (χ0) is 21.1. The van der Waals surface area contributed by atoms with E-state index in [2.05, 4.69) is 19.2 Å². The fraction of sp³-hybridized carbons (Fsp3) is 0.174. The second kappa shape index (κ2) is 8.45. The third kappa shape index (κ3) is 4.30. The molecule has 29 heavy (non-hydrogen) atoms. The van der Waals surface area contributed by atoms with E-state index in [1.54, 1.807) is 24.3 Å². The molecule has 5 nitrogen and oxygen atoms in total. The summed E-state index contributed by atoms with van der Waals surface area (Å²) in [6, 6.07) is 15.8. The van der Waals surface area contributed by atoms with Gasteiger partial charge in [-0.3, -0.25) is 4.79 Å². The molecule has 0 aliphatic heterocycles. The summed E-state index contributed by atoms with van der Waals surface area (Å²) in [6.45, 7) is 4.13. The molecule has 0 bridgehead atoms. The Bertz CT molecular complexity index is 1060. The van der Waals surface area contributed by atoms with Crippen molar-refractivity contribution in [2.24, 2.45) is 0 Å². The van der Waals surface area contributed by atoms with E-state index in [-0.39, 0.29) is 11.5 Å². The first-order valence-electron chi connectivity index (χ1n) is 9.20. The Hall–Kier alpha value is -3.18. The van der Waals surface area contributed by atoms with Gasteiger partial charge in [-0.15, -0.1) is 0 Å². The van der Waals surface area contributed by atoms with E-state index < -0.39 is 23.2 Å². The largest absolute Gasteiger partial charge is 0.504 e. The summed E-state index contributed by atoms with van der Waals surface area (Å²) in [5.41, 5.74) is 2.61. The molecule has 0 radical (unpaired) electrons. The van der Waals surface area contributed by atoms with E-state index in [1.165, 1.54) is 6.07 Å². The molecule has 0 saturated carbocycles. The first-order valence-corrected chi connectivity index (χ1v) is 9.57. The third-order valence-electron chi connectivity index (χ3n) is 4.75. The third-order valence-corrected chi connectivity index (χ3v) is 5.08. The first-order chi connectivity index (χ1) is 13.8. The average Bonchev–Trinajstić information content (AvgIpc) is 2.70. The van der Waals surface area contributed by atoms with Crippen molar-refractivity contribution in [1.82, 2.24) is 0 Å². The fourth-order valence-electron chi connectivity index (χ4n) is 3.23. The average molecular weight is 412 g/mol. The Labute approximate surface area is 174 Å². The second-order valence-electron chi connectivity index (χ2n) is 7.09.